The number of furan rings is 1. The van der Waals surface area contributed by atoms with E-state index in [1.165, 1.54) is 42.5 Å². The van der Waals surface area contributed by atoms with Crippen molar-refractivity contribution in [2.45, 2.75) is 6.42 Å². The summed E-state index contributed by atoms with van der Waals surface area (Å²) in [7, 11) is 0. The molecule has 0 unspecified atom stereocenters. The van der Waals surface area contributed by atoms with Gasteiger partial charge in [-0.15, -0.1) is 0 Å². The summed E-state index contributed by atoms with van der Waals surface area (Å²) in [6.45, 7) is 0. The van der Waals surface area contributed by atoms with Crippen LogP contribution in [0.3, 0.4) is 0 Å². The molecule has 0 aliphatic rings. The third-order valence-electron chi connectivity index (χ3n) is 3.15. The maximum absolute atomic E-state index is 13.7. The lowest BCUT2D eigenvalue weighted by molar-refractivity contribution is 0.0967. The Labute approximate surface area is 123 Å². The van der Waals surface area contributed by atoms with Crippen molar-refractivity contribution < 1.29 is 18.0 Å². The average molecular weight is 307 g/mol. The van der Waals surface area contributed by atoms with E-state index in [1.54, 1.807) is 0 Å². The summed E-state index contributed by atoms with van der Waals surface area (Å²) in [5, 5.41) is 0.670. The number of Topliss-reactive ketones (excluding diaryl/α,β-unsaturated/α-hetero) is 1. The predicted octanol–water partition coefficient (Wildman–Crippen LogP) is 4.79. The Kier molecular flexibility index (Phi) is 3.47. The first-order valence-electron chi connectivity index (χ1n) is 6.20. The maximum Gasteiger partial charge on any atom is 0.202 e. The zero-order valence-electron chi connectivity index (χ0n) is 10.7. The molecule has 0 aliphatic heterocycles. The number of fused-ring (bicyclic) bond motifs is 1. The highest BCUT2D eigenvalue weighted by atomic mass is 35.5. The highest BCUT2D eigenvalue weighted by Crippen LogP contribution is 2.24. The van der Waals surface area contributed by atoms with Crippen LogP contribution < -0.4 is 0 Å². The summed E-state index contributed by atoms with van der Waals surface area (Å²) in [5.74, 6) is -1.33. The van der Waals surface area contributed by atoms with E-state index < -0.39 is 17.4 Å². The Morgan fingerprint density at radius 2 is 1.95 bits per heavy atom. The van der Waals surface area contributed by atoms with Crippen LogP contribution in [0.25, 0.3) is 11.0 Å². The van der Waals surface area contributed by atoms with Crippen LogP contribution in [0.1, 0.15) is 16.1 Å². The molecule has 0 amide bonds. The highest BCUT2D eigenvalue weighted by Gasteiger charge is 2.17. The van der Waals surface area contributed by atoms with E-state index in [2.05, 4.69) is 0 Å². The largest absolute Gasteiger partial charge is 0.453 e. The first-order valence-corrected chi connectivity index (χ1v) is 6.57. The first kappa shape index (κ1) is 13.8. The summed E-state index contributed by atoms with van der Waals surface area (Å²) in [6, 6.07) is 9.62. The van der Waals surface area contributed by atoms with E-state index in [0.29, 0.717) is 11.0 Å². The standard InChI is InChI=1S/C16H9ClF2O2/c17-12-2-1-3-13(19)11(12)8-14(20)16-7-9-6-10(18)4-5-15(9)21-16/h1-7H,8H2. The topological polar surface area (TPSA) is 30.2 Å². The molecule has 0 spiro atoms. The quantitative estimate of drug-likeness (QED) is 0.651. The van der Waals surface area contributed by atoms with Crippen molar-refractivity contribution in [2.24, 2.45) is 0 Å². The number of hydrogen-bond donors (Lipinski definition) is 0. The highest BCUT2D eigenvalue weighted by molar-refractivity contribution is 6.31. The molecule has 0 saturated heterocycles. The Balaban J connectivity index is 1.94. The summed E-state index contributed by atoms with van der Waals surface area (Å²) >= 11 is 5.89. The normalized spacial score (nSPS) is 11.0. The lowest BCUT2D eigenvalue weighted by Gasteiger charge is -2.03. The molecular weight excluding hydrogens is 298 g/mol. The Morgan fingerprint density at radius 3 is 2.71 bits per heavy atom. The SMILES string of the molecule is O=C(Cc1c(F)cccc1Cl)c1cc2cc(F)ccc2o1. The van der Waals surface area contributed by atoms with Crippen LogP contribution in [-0.4, -0.2) is 5.78 Å². The molecule has 0 N–H and O–H groups in total. The van der Waals surface area contributed by atoms with Gasteiger partial charge in [0.05, 0.1) is 0 Å². The molecule has 2 nitrogen and oxygen atoms in total. The van der Waals surface area contributed by atoms with E-state index >= 15 is 0 Å². The zero-order chi connectivity index (χ0) is 15.0. The molecule has 2 aromatic carbocycles. The third kappa shape index (κ3) is 2.67. The summed E-state index contributed by atoms with van der Waals surface area (Å²) in [6.07, 6.45) is -0.214. The van der Waals surface area contributed by atoms with Gasteiger partial charge >= 0.3 is 0 Å². The van der Waals surface area contributed by atoms with Gasteiger partial charge in [-0.05, 0) is 36.4 Å². The average Bonchev–Trinajstić information content (AvgIpc) is 2.86. The number of carbonyl (C=O) groups is 1. The van der Waals surface area contributed by atoms with Gasteiger partial charge in [0, 0.05) is 22.4 Å². The van der Waals surface area contributed by atoms with Crippen LogP contribution in [0.5, 0.6) is 0 Å². The number of benzene rings is 2. The lowest BCUT2D eigenvalue weighted by Crippen LogP contribution is -2.04. The molecule has 21 heavy (non-hydrogen) atoms. The van der Waals surface area contributed by atoms with Crippen LogP contribution in [-0.2, 0) is 6.42 Å². The molecule has 0 radical (unpaired) electrons. The van der Waals surface area contributed by atoms with E-state index in [0.717, 1.165) is 0 Å². The minimum Gasteiger partial charge on any atom is -0.453 e. The second-order valence-electron chi connectivity index (χ2n) is 4.59. The Morgan fingerprint density at radius 1 is 1.14 bits per heavy atom. The first-order chi connectivity index (χ1) is 10.0. The maximum atomic E-state index is 13.7. The van der Waals surface area contributed by atoms with Crippen molar-refractivity contribution in [1.82, 2.24) is 0 Å². The van der Waals surface area contributed by atoms with Gasteiger partial charge in [0.1, 0.15) is 17.2 Å². The second-order valence-corrected chi connectivity index (χ2v) is 5.00. The van der Waals surface area contributed by atoms with Gasteiger partial charge in [0.2, 0.25) is 5.78 Å². The fourth-order valence-corrected chi connectivity index (χ4v) is 2.33. The van der Waals surface area contributed by atoms with Crippen LogP contribution in [0.4, 0.5) is 8.78 Å². The molecule has 3 rings (SSSR count). The van der Waals surface area contributed by atoms with Gasteiger partial charge in [-0.1, -0.05) is 17.7 Å². The zero-order valence-corrected chi connectivity index (χ0v) is 11.5. The van der Waals surface area contributed by atoms with E-state index in [-0.39, 0.29) is 22.8 Å². The smallest absolute Gasteiger partial charge is 0.202 e. The van der Waals surface area contributed by atoms with Crippen molar-refractivity contribution >= 4 is 28.4 Å². The van der Waals surface area contributed by atoms with Crippen molar-refractivity contribution in [1.29, 1.82) is 0 Å². The number of hydrogen-bond acceptors (Lipinski definition) is 2. The van der Waals surface area contributed by atoms with Gasteiger partial charge in [0.25, 0.3) is 0 Å². The van der Waals surface area contributed by atoms with Gasteiger partial charge in [0.15, 0.2) is 5.76 Å². The minimum atomic E-state index is -0.544. The van der Waals surface area contributed by atoms with Gasteiger partial charge in [-0.25, -0.2) is 8.78 Å². The van der Waals surface area contributed by atoms with Crippen LogP contribution in [0.15, 0.2) is 46.9 Å². The lowest BCUT2D eigenvalue weighted by atomic mass is 10.1. The summed E-state index contributed by atoms with van der Waals surface area (Å²) < 4.78 is 32.1. The molecule has 0 atom stereocenters. The fourth-order valence-electron chi connectivity index (χ4n) is 2.10. The monoisotopic (exact) mass is 306 g/mol. The molecule has 0 saturated carbocycles. The summed E-state index contributed by atoms with van der Waals surface area (Å²) in [5.41, 5.74) is 0.523. The predicted molar refractivity (Wildman–Crippen MR) is 75.6 cm³/mol. The third-order valence-corrected chi connectivity index (χ3v) is 3.51. The van der Waals surface area contributed by atoms with Gasteiger partial charge in [-0.3, -0.25) is 4.79 Å². The Bertz CT molecular complexity index is 819. The van der Waals surface area contributed by atoms with Gasteiger partial charge in [-0.2, -0.15) is 0 Å². The fraction of sp³-hybridized carbons (Fsp3) is 0.0625. The van der Waals surface area contributed by atoms with Crippen molar-refractivity contribution in [2.75, 3.05) is 0 Å². The van der Waals surface area contributed by atoms with E-state index in [9.17, 15) is 13.6 Å². The second kappa shape index (κ2) is 5.30. The van der Waals surface area contributed by atoms with Crippen LogP contribution in [0.2, 0.25) is 5.02 Å². The summed E-state index contributed by atoms with van der Waals surface area (Å²) in [4.78, 5) is 12.2. The van der Waals surface area contributed by atoms with Crippen molar-refractivity contribution in [3.8, 4) is 0 Å². The van der Waals surface area contributed by atoms with Crippen molar-refractivity contribution in [3.63, 3.8) is 0 Å². The van der Waals surface area contributed by atoms with Crippen LogP contribution in [0, 0.1) is 11.6 Å². The molecule has 1 aromatic heterocycles. The molecule has 106 valence electrons. The number of ketones is 1. The van der Waals surface area contributed by atoms with Crippen molar-refractivity contribution in [3.05, 3.63) is 70.4 Å². The molecular formula is C16H9ClF2O2. The number of carbonyl (C=O) groups excluding carboxylic acids is 1. The molecule has 0 aliphatic carbocycles. The van der Waals surface area contributed by atoms with Gasteiger partial charge < -0.3 is 4.42 Å². The Hall–Kier alpha value is -2.20. The van der Waals surface area contributed by atoms with E-state index in [4.69, 9.17) is 16.0 Å². The molecule has 0 fully saturated rings. The minimum absolute atomic E-state index is 0.0509. The molecule has 3 aromatic rings. The van der Waals surface area contributed by atoms with E-state index in [1.807, 2.05) is 0 Å². The number of halogens is 3. The molecule has 1 heterocycles. The molecule has 5 heteroatoms. The number of rotatable bonds is 3. The molecule has 0 bridgehead atoms. The van der Waals surface area contributed by atoms with Crippen LogP contribution >= 0.6 is 11.6 Å².